The van der Waals surface area contributed by atoms with Gasteiger partial charge in [-0.05, 0) is 40.5 Å². The van der Waals surface area contributed by atoms with Crippen LogP contribution in [0.2, 0.25) is 0 Å². The molecule has 0 bridgehead atoms. The van der Waals surface area contributed by atoms with Crippen LogP contribution >= 0.6 is 0 Å². The molecule has 1 amide bonds. The fourth-order valence-corrected chi connectivity index (χ4v) is 1.95. The van der Waals surface area contributed by atoms with Gasteiger partial charge in [0, 0.05) is 18.0 Å². The maximum absolute atomic E-state index is 12.1. The van der Waals surface area contributed by atoms with Crippen LogP contribution < -0.4 is 0 Å². The third-order valence-electron chi connectivity index (χ3n) is 2.70. The molecule has 2 nitrogen and oxygen atoms in total. The molecule has 2 heteroatoms. The van der Waals surface area contributed by atoms with Crippen molar-refractivity contribution in [3.8, 4) is 0 Å². The zero-order chi connectivity index (χ0) is 11.3. The van der Waals surface area contributed by atoms with Crippen LogP contribution in [0.1, 0.15) is 54.4 Å². The van der Waals surface area contributed by atoms with Gasteiger partial charge in [-0.3, -0.25) is 4.79 Å². The number of hydrogen-bond acceptors (Lipinski definition) is 1. The zero-order valence-corrected chi connectivity index (χ0v) is 10.5. The van der Waals surface area contributed by atoms with Gasteiger partial charge in [-0.2, -0.15) is 0 Å². The van der Waals surface area contributed by atoms with Gasteiger partial charge in [0.25, 0.3) is 0 Å². The Hall–Kier alpha value is -0.530. The average molecular weight is 199 g/mol. The Bertz CT molecular complexity index is 163. The molecule has 0 aliphatic heterocycles. The summed E-state index contributed by atoms with van der Waals surface area (Å²) in [6.45, 7) is 12.5. The molecule has 0 spiro atoms. The van der Waals surface area contributed by atoms with Crippen LogP contribution in [-0.4, -0.2) is 22.9 Å². The fraction of sp³-hybridized carbons (Fsp3) is 0.917. The molecule has 0 fully saturated rings. The maximum Gasteiger partial charge on any atom is 0.226 e. The zero-order valence-electron chi connectivity index (χ0n) is 10.5. The van der Waals surface area contributed by atoms with E-state index in [1.165, 1.54) is 0 Å². The normalized spacial score (nSPS) is 11.5. The molecule has 0 aromatic rings. The lowest BCUT2D eigenvalue weighted by Gasteiger charge is -2.33. The molecule has 0 atom stereocenters. The van der Waals surface area contributed by atoms with Crippen LogP contribution in [0.25, 0.3) is 0 Å². The minimum atomic E-state index is 0.208. The van der Waals surface area contributed by atoms with Crippen molar-refractivity contribution in [2.75, 3.05) is 0 Å². The van der Waals surface area contributed by atoms with Gasteiger partial charge in [0.05, 0.1) is 0 Å². The highest BCUT2D eigenvalue weighted by Gasteiger charge is 2.25. The largest absolute Gasteiger partial charge is 0.338 e. The molecular weight excluding hydrogens is 174 g/mol. The van der Waals surface area contributed by atoms with Crippen LogP contribution in [0, 0.1) is 5.92 Å². The van der Waals surface area contributed by atoms with E-state index < -0.39 is 0 Å². The summed E-state index contributed by atoms with van der Waals surface area (Å²) >= 11 is 0. The van der Waals surface area contributed by atoms with Crippen LogP contribution in [0.15, 0.2) is 0 Å². The summed E-state index contributed by atoms with van der Waals surface area (Å²) in [7, 11) is 0. The highest BCUT2D eigenvalue weighted by atomic mass is 16.2. The third-order valence-corrected chi connectivity index (χ3v) is 2.70. The van der Waals surface area contributed by atoms with Gasteiger partial charge in [0.1, 0.15) is 0 Å². The summed E-state index contributed by atoms with van der Waals surface area (Å²) in [5.41, 5.74) is 0. The molecule has 0 heterocycles. The van der Waals surface area contributed by atoms with Gasteiger partial charge < -0.3 is 4.90 Å². The smallest absolute Gasteiger partial charge is 0.226 e. The predicted molar refractivity (Wildman–Crippen MR) is 61.2 cm³/mol. The quantitative estimate of drug-likeness (QED) is 0.666. The number of carbonyl (C=O) groups excluding carboxylic acids is 1. The summed E-state index contributed by atoms with van der Waals surface area (Å²) in [6, 6.07) is 0.617. The van der Waals surface area contributed by atoms with Crippen LogP contribution in [0.4, 0.5) is 0 Å². The number of amides is 1. The lowest BCUT2D eigenvalue weighted by molar-refractivity contribution is -0.139. The Balaban J connectivity index is 4.58. The third kappa shape index (κ3) is 3.32. The number of hydrogen-bond donors (Lipinski definition) is 0. The molecule has 0 saturated heterocycles. The molecule has 0 aliphatic rings. The Morgan fingerprint density at radius 2 is 1.36 bits per heavy atom. The first-order chi connectivity index (χ1) is 6.45. The van der Waals surface area contributed by atoms with E-state index in [4.69, 9.17) is 0 Å². The average Bonchev–Trinajstić information content (AvgIpc) is 2.04. The van der Waals surface area contributed by atoms with E-state index >= 15 is 0 Å². The highest BCUT2D eigenvalue weighted by molar-refractivity contribution is 5.79. The minimum absolute atomic E-state index is 0.208. The van der Waals surface area contributed by atoms with Crippen molar-refractivity contribution in [2.45, 2.75) is 66.5 Å². The summed E-state index contributed by atoms with van der Waals surface area (Å²) < 4.78 is 0. The second-order valence-electron chi connectivity index (χ2n) is 4.45. The van der Waals surface area contributed by atoms with Crippen molar-refractivity contribution < 1.29 is 4.79 Å². The maximum atomic E-state index is 12.1. The van der Waals surface area contributed by atoms with E-state index in [1.807, 2.05) is 4.90 Å². The molecular formula is C12H25NO. The molecule has 0 aromatic heterocycles. The van der Waals surface area contributed by atoms with Crippen molar-refractivity contribution in [2.24, 2.45) is 5.92 Å². The second kappa shape index (κ2) is 6.05. The summed E-state index contributed by atoms with van der Waals surface area (Å²) in [6.07, 6.45) is 1.90. The first kappa shape index (κ1) is 13.5. The standard InChI is InChI=1S/C12H25NO/c1-7-11(8-2)12(14)13(9(3)4)10(5)6/h9-11H,7-8H2,1-6H3. The SMILES string of the molecule is CCC(CC)C(=O)N(C(C)C)C(C)C. The van der Waals surface area contributed by atoms with Gasteiger partial charge in [-0.15, -0.1) is 0 Å². The Morgan fingerprint density at radius 3 is 1.57 bits per heavy atom. The van der Waals surface area contributed by atoms with Crippen LogP contribution in [0.5, 0.6) is 0 Å². The molecule has 0 N–H and O–H groups in total. The van der Waals surface area contributed by atoms with E-state index in [2.05, 4.69) is 41.5 Å². The predicted octanol–water partition coefficient (Wildman–Crippen LogP) is 3.07. The monoisotopic (exact) mass is 199 g/mol. The summed E-state index contributed by atoms with van der Waals surface area (Å²) in [5, 5.41) is 0. The molecule has 0 radical (unpaired) electrons. The lowest BCUT2D eigenvalue weighted by Crippen LogP contribution is -2.45. The Morgan fingerprint density at radius 1 is 1.00 bits per heavy atom. The first-order valence-electron chi connectivity index (χ1n) is 5.77. The molecule has 0 rings (SSSR count). The molecule has 14 heavy (non-hydrogen) atoms. The van der Waals surface area contributed by atoms with Crippen molar-refractivity contribution in [1.82, 2.24) is 4.90 Å². The topological polar surface area (TPSA) is 20.3 Å². The summed E-state index contributed by atoms with van der Waals surface area (Å²) in [4.78, 5) is 14.1. The van der Waals surface area contributed by atoms with Gasteiger partial charge in [-0.25, -0.2) is 0 Å². The Labute approximate surface area is 88.7 Å². The van der Waals surface area contributed by atoms with Crippen LogP contribution in [-0.2, 0) is 4.79 Å². The molecule has 0 aliphatic carbocycles. The molecule has 0 saturated carbocycles. The van der Waals surface area contributed by atoms with Crippen molar-refractivity contribution in [3.05, 3.63) is 0 Å². The van der Waals surface area contributed by atoms with Gasteiger partial charge >= 0.3 is 0 Å². The van der Waals surface area contributed by atoms with E-state index in [9.17, 15) is 4.79 Å². The van der Waals surface area contributed by atoms with Crippen molar-refractivity contribution in [1.29, 1.82) is 0 Å². The van der Waals surface area contributed by atoms with Crippen molar-refractivity contribution in [3.63, 3.8) is 0 Å². The van der Waals surface area contributed by atoms with Gasteiger partial charge in [-0.1, -0.05) is 13.8 Å². The number of carbonyl (C=O) groups is 1. The van der Waals surface area contributed by atoms with Crippen molar-refractivity contribution >= 4 is 5.91 Å². The summed E-state index contributed by atoms with van der Waals surface area (Å²) in [5.74, 6) is 0.528. The molecule has 0 aromatic carbocycles. The van der Waals surface area contributed by atoms with E-state index in [0.717, 1.165) is 12.8 Å². The van der Waals surface area contributed by atoms with Gasteiger partial charge in [0.15, 0.2) is 0 Å². The molecule has 84 valence electrons. The van der Waals surface area contributed by atoms with Gasteiger partial charge in [0.2, 0.25) is 5.91 Å². The van der Waals surface area contributed by atoms with E-state index in [-0.39, 0.29) is 5.92 Å². The number of nitrogens with zero attached hydrogens (tertiary/aromatic N) is 1. The Kier molecular flexibility index (Phi) is 5.82. The highest BCUT2D eigenvalue weighted by Crippen LogP contribution is 2.16. The van der Waals surface area contributed by atoms with E-state index in [0.29, 0.717) is 18.0 Å². The van der Waals surface area contributed by atoms with E-state index in [1.54, 1.807) is 0 Å². The lowest BCUT2D eigenvalue weighted by atomic mass is 10.00. The minimum Gasteiger partial charge on any atom is -0.338 e. The van der Waals surface area contributed by atoms with Crippen LogP contribution in [0.3, 0.4) is 0 Å². The fourth-order valence-electron chi connectivity index (χ4n) is 1.95. The number of rotatable bonds is 5. The first-order valence-corrected chi connectivity index (χ1v) is 5.77. The molecule has 0 unspecified atom stereocenters. The second-order valence-corrected chi connectivity index (χ2v) is 4.45.